The molecular formula is C9H19ClN2OS. The topological polar surface area (TPSA) is 46.3 Å². The van der Waals surface area contributed by atoms with Crippen molar-refractivity contribution in [3.8, 4) is 0 Å². The Hall–Kier alpha value is 0.0700. The van der Waals surface area contributed by atoms with Crippen LogP contribution in [0.15, 0.2) is 0 Å². The maximum atomic E-state index is 11.7. The summed E-state index contributed by atoms with van der Waals surface area (Å²) in [4.78, 5) is 13.6. The van der Waals surface area contributed by atoms with E-state index in [0.717, 1.165) is 25.3 Å². The molecule has 2 atom stereocenters. The molecule has 0 radical (unpaired) electrons. The zero-order valence-corrected chi connectivity index (χ0v) is 10.4. The van der Waals surface area contributed by atoms with E-state index < -0.39 is 0 Å². The van der Waals surface area contributed by atoms with Gasteiger partial charge in [-0.2, -0.15) is 11.8 Å². The Labute approximate surface area is 96.2 Å². The number of rotatable bonds is 2. The van der Waals surface area contributed by atoms with E-state index in [2.05, 4.69) is 6.92 Å². The lowest BCUT2D eigenvalue weighted by molar-refractivity contribution is -0.132. The summed E-state index contributed by atoms with van der Waals surface area (Å²) in [6.07, 6.45) is 0.733. The van der Waals surface area contributed by atoms with Gasteiger partial charge in [0.25, 0.3) is 0 Å². The van der Waals surface area contributed by atoms with Crippen LogP contribution >= 0.6 is 24.2 Å². The van der Waals surface area contributed by atoms with Gasteiger partial charge in [-0.15, -0.1) is 12.4 Å². The maximum absolute atomic E-state index is 11.7. The number of carbonyl (C=O) groups excluding carboxylic acids is 1. The molecule has 14 heavy (non-hydrogen) atoms. The van der Waals surface area contributed by atoms with Crippen LogP contribution in [0.1, 0.15) is 20.3 Å². The summed E-state index contributed by atoms with van der Waals surface area (Å²) >= 11 is 1.92. The van der Waals surface area contributed by atoms with Gasteiger partial charge < -0.3 is 10.6 Å². The smallest absolute Gasteiger partial charge is 0.239 e. The van der Waals surface area contributed by atoms with Crippen LogP contribution in [0.3, 0.4) is 0 Å². The van der Waals surface area contributed by atoms with Crippen LogP contribution in [0.25, 0.3) is 0 Å². The van der Waals surface area contributed by atoms with Crippen molar-refractivity contribution in [1.29, 1.82) is 0 Å². The SMILES string of the molecule is CC[C@H](N)C(=O)N1CCSC(C)C1.Cl. The molecule has 0 saturated carbocycles. The first-order valence-electron chi connectivity index (χ1n) is 4.81. The van der Waals surface area contributed by atoms with Gasteiger partial charge in [-0.1, -0.05) is 13.8 Å². The second kappa shape index (κ2) is 6.53. The lowest BCUT2D eigenvalue weighted by Gasteiger charge is -2.32. The van der Waals surface area contributed by atoms with Crippen LogP contribution in [0.4, 0.5) is 0 Å². The van der Waals surface area contributed by atoms with Crippen molar-refractivity contribution in [1.82, 2.24) is 4.90 Å². The predicted octanol–water partition coefficient (Wildman–Crippen LogP) is 1.11. The largest absolute Gasteiger partial charge is 0.339 e. The molecule has 2 N–H and O–H groups in total. The molecule has 1 saturated heterocycles. The number of amides is 1. The summed E-state index contributed by atoms with van der Waals surface area (Å²) in [6, 6.07) is -0.296. The minimum Gasteiger partial charge on any atom is -0.339 e. The van der Waals surface area contributed by atoms with E-state index in [-0.39, 0.29) is 24.4 Å². The van der Waals surface area contributed by atoms with Crippen LogP contribution < -0.4 is 5.73 Å². The minimum absolute atomic E-state index is 0. The predicted molar refractivity (Wildman–Crippen MR) is 64.0 cm³/mol. The molecule has 1 heterocycles. The molecule has 1 aliphatic heterocycles. The summed E-state index contributed by atoms with van der Waals surface area (Å²) in [5, 5.41) is 0.557. The molecule has 5 heteroatoms. The van der Waals surface area contributed by atoms with Crippen molar-refractivity contribution in [3.05, 3.63) is 0 Å². The first kappa shape index (κ1) is 14.1. The van der Waals surface area contributed by atoms with Crippen molar-refractivity contribution >= 4 is 30.1 Å². The molecule has 1 aliphatic rings. The van der Waals surface area contributed by atoms with Crippen molar-refractivity contribution < 1.29 is 4.79 Å². The quantitative estimate of drug-likeness (QED) is 0.784. The maximum Gasteiger partial charge on any atom is 0.239 e. The molecule has 0 bridgehead atoms. The number of hydrogen-bond acceptors (Lipinski definition) is 3. The number of nitrogens with two attached hydrogens (primary N) is 1. The van der Waals surface area contributed by atoms with E-state index in [1.807, 2.05) is 23.6 Å². The van der Waals surface area contributed by atoms with E-state index in [1.165, 1.54) is 0 Å². The van der Waals surface area contributed by atoms with E-state index in [9.17, 15) is 4.79 Å². The van der Waals surface area contributed by atoms with E-state index >= 15 is 0 Å². The van der Waals surface area contributed by atoms with Gasteiger partial charge >= 0.3 is 0 Å². The highest BCUT2D eigenvalue weighted by molar-refractivity contribution is 7.99. The summed E-state index contributed by atoms with van der Waals surface area (Å²) in [5.74, 6) is 1.17. The Morgan fingerprint density at radius 1 is 1.71 bits per heavy atom. The molecule has 3 nitrogen and oxygen atoms in total. The van der Waals surface area contributed by atoms with E-state index in [1.54, 1.807) is 0 Å². The third-order valence-corrected chi connectivity index (χ3v) is 3.45. The highest BCUT2D eigenvalue weighted by atomic mass is 35.5. The third-order valence-electron chi connectivity index (χ3n) is 2.31. The lowest BCUT2D eigenvalue weighted by atomic mass is 10.2. The number of hydrogen-bond donors (Lipinski definition) is 1. The van der Waals surface area contributed by atoms with Crippen molar-refractivity contribution in [2.45, 2.75) is 31.6 Å². The van der Waals surface area contributed by atoms with Crippen molar-refractivity contribution in [2.75, 3.05) is 18.8 Å². The molecular weight excluding hydrogens is 220 g/mol. The van der Waals surface area contributed by atoms with Gasteiger partial charge in [0.15, 0.2) is 0 Å². The van der Waals surface area contributed by atoms with Gasteiger partial charge in [-0.3, -0.25) is 4.79 Å². The Morgan fingerprint density at radius 2 is 2.36 bits per heavy atom. The van der Waals surface area contributed by atoms with Crippen LogP contribution in [-0.4, -0.2) is 40.9 Å². The fourth-order valence-electron chi connectivity index (χ4n) is 1.43. The molecule has 84 valence electrons. The number of halogens is 1. The monoisotopic (exact) mass is 238 g/mol. The Balaban J connectivity index is 0.00000169. The van der Waals surface area contributed by atoms with Gasteiger partial charge in [0, 0.05) is 24.1 Å². The average molecular weight is 239 g/mol. The molecule has 0 aliphatic carbocycles. The van der Waals surface area contributed by atoms with Crippen LogP contribution in [0.5, 0.6) is 0 Å². The zero-order chi connectivity index (χ0) is 9.84. The van der Waals surface area contributed by atoms with Gasteiger partial charge in [-0.25, -0.2) is 0 Å². The van der Waals surface area contributed by atoms with Gasteiger partial charge in [0.1, 0.15) is 0 Å². The highest BCUT2D eigenvalue weighted by Crippen LogP contribution is 2.18. The van der Waals surface area contributed by atoms with E-state index in [0.29, 0.717) is 5.25 Å². The Bertz CT molecular complexity index is 192. The lowest BCUT2D eigenvalue weighted by Crippen LogP contribution is -2.48. The normalized spacial score (nSPS) is 23.9. The Morgan fingerprint density at radius 3 is 2.86 bits per heavy atom. The second-order valence-electron chi connectivity index (χ2n) is 3.48. The molecule has 0 aromatic carbocycles. The van der Waals surface area contributed by atoms with Crippen LogP contribution in [0.2, 0.25) is 0 Å². The number of nitrogens with zero attached hydrogens (tertiary/aromatic N) is 1. The summed E-state index contributed by atoms with van der Waals surface area (Å²) in [7, 11) is 0. The first-order chi connectivity index (χ1) is 6.15. The van der Waals surface area contributed by atoms with Gasteiger partial charge in [0.05, 0.1) is 6.04 Å². The fourth-order valence-corrected chi connectivity index (χ4v) is 2.44. The molecule has 1 fully saturated rings. The van der Waals surface area contributed by atoms with Gasteiger partial charge in [0.2, 0.25) is 5.91 Å². The van der Waals surface area contributed by atoms with E-state index in [4.69, 9.17) is 5.73 Å². The zero-order valence-electron chi connectivity index (χ0n) is 8.73. The summed E-state index contributed by atoms with van der Waals surface area (Å²) in [6.45, 7) is 5.82. The highest BCUT2D eigenvalue weighted by Gasteiger charge is 2.24. The standard InChI is InChI=1S/C9H18N2OS.ClH/c1-3-8(10)9(12)11-4-5-13-7(2)6-11;/h7-8H,3-6,10H2,1-2H3;1H/t7?,8-;/m0./s1. The number of thioether (sulfide) groups is 1. The number of carbonyl (C=O) groups is 1. The van der Waals surface area contributed by atoms with Crippen LogP contribution in [-0.2, 0) is 4.79 Å². The minimum atomic E-state index is -0.296. The third kappa shape index (κ3) is 3.67. The fraction of sp³-hybridized carbons (Fsp3) is 0.889. The average Bonchev–Trinajstić information content (AvgIpc) is 2.15. The summed E-state index contributed by atoms with van der Waals surface area (Å²) < 4.78 is 0. The second-order valence-corrected chi connectivity index (χ2v) is 5.03. The van der Waals surface area contributed by atoms with Gasteiger partial charge in [-0.05, 0) is 6.42 Å². The molecule has 0 spiro atoms. The van der Waals surface area contributed by atoms with Crippen molar-refractivity contribution in [3.63, 3.8) is 0 Å². The first-order valence-corrected chi connectivity index (χ1v) is 5.86. The van der Waals surface area contributed by atoms with Crippen molar-refractivity contribution in [2.24, 2.45) is 5.73 Å². The Kier molecular flexibility index (Phi) is 6.57. The summed E-state index contributed by atoms with van der Waals surface area (Å²) in [5.41, 5.74) is 5.69. The molecule has 1 rings (SSSR count). The molecule has 1 unspecified atom stereocenters. The molecule has 1 amide bonds. The molecule has 0 aromatic rings. The molecule has 0 aromatic heterocycles. The van der Waals surface area contributed by atoms with Crippen LogP contribution in [0, 0.1) is 0 Å².